The fraction of sp³-hybridized carbons (Fsp3) is 0.455. The van der Waals surface area contributed by atoms with Crippen LogP contribution >= 0.6 is 0 Å². The van der Waals surface area contributed by atoms with Crippen molar-refractivity contribution in [2.24, 2.45) is 0 Å². The zero-order valence-corrected chi connectivity index (χ0v) is 16.0. The van der Waals surface area contributed by atoms with Gasteiger partial charge >= 0.3 is 0 Å². The first-order valence-electron chi connectivity index (χ1n) is 9.76. The number of nitrogens with zero attached hydrogens (tertiary/aromatic N) is 1. The van der Waals surface area contributed by atoms with Crippen LogP contribution in [-0.4, -0.2) is 44.4 Å². The lowest BCUT2D eigenvalue weighted by atomic mass is 10.0. The van der Waals surface area contributed by atoms with Gasteiger partial charge in [-0.15, -0.1) is 0 Å². The van der Waals surface area contributed by atoms with Crippen LogP contribution in [0, 0.1) is 0 Å². The van der Waals surface area contributed by atoms with E-state index in [1.807, 2.05) is 55.5 Å². The van der Waals surface area contributed by atoms with Crippen molar-refractivity contribution in [3.05, 3.63) is 59.7 Å². The van der Waals surface area contributed by atoms with Crippen LogP contribution in [0.5, 0.6) is 11.5 Å². The van der Waals surface area contributed by atoms with Crippen LogP contribution in [0.25, 0.3) is 0 Å². The van der Waals surface area contributed by atoms with Crippen LogP contribution in [0.4, 0.5) is 4.39 Å². The summed E-state index contributed by atoms with van der Waals surface area (Å²) in [6.45, 7) is 6.44. The molecule has 0 aromatic heterocycles. The second-order valence-corrected chi connectivity index (χ2v) is 6.69. The van der Waals surface area contributed by atoms with Crippen LogP contribution in [0.3, 0.4) is 0 Å². The van der Waals surface area contributed by atoms with E-state index in [-0.39, 0.29) is 12.7 Å². The molecule has 146 valence electrons. The average molecular weight is 372 g/mol. The van der Waals surface area contributed by atoms with Gasteiger partial charge in [0.15, 0.2) is 11.5 Å². The number of rotatable bonds is 9. The van der Waals surface area contributed by atoms with Crippen LogP contribution < -0.4 is 14.8 Å². The predicted octanol–water partition coefficient (Wildman–Crippen LogP) is 3.97. The van der Waals surface area contributed by atoms with Gasteiger partial charge in [0.1, 0.15) is 6.61 Å². The summed E-state index contributed by atoms with van der Waals surface area (Å²) in [5.74, 6) is 1.45. The molecule has 0 spiro atoms. The van der Waals surface area contributed by atoms with Gasteiger partial charge in [-0.3, -0.25) is 9.29 Å². The summed E-state index contributed by atoms with van der Waals surface area (Å²) in [6, 6.07) is 16.2. The molecule has 0 saturated carbocycles. The molecule has 2 aromatic rings. The van der Waals surface area contributed by atoms with Gasteiger partial charge in [-0.1, -0.05) is 36.4 Å². The standard InChI is InChI=1S/C22H29FN2O2/c1-2-26-22-16-19(20(10-11-23)25-14-12-24-13-15-25)8-9-21(22)27-17-18-6-4-3-5-7-18/h3-9,16,20,24H,2,10-15,17H2,1H3/t20-/m0/s1. The van der Waals surface area contributed by atoms with Gasteiger partial charge in [0.2, 0.25) is 0 Å². The maximum atomic E-state index is 13.2. The topological polar surface area (TPSA) is 33.7 Å². The summed E-state index contributed by atoms with van der Waals surface area (Å²) in [7, 11) is 0. The van der Waals surface area contributed by atoms with Gasteiger partial charge in [-0.05, 0) is 36.6 Å². The highest BCUT2D eigenvalue weighted by Crippen LogP contribution is 2.34. The summed E-state index contributed by atoms with van der Waals surface area (Å²) < 4.78 is 25.0. The highest BCUT2D eigenvalue weighted by molar-refractivity contribution is 5.44. The Kier molecular flexibility index (Phi) is 7.48. The van der Waals surface area contributed by atoms with E-state index < -0.39 is 0 Å². The Morgan fingerprint density at radius 2 is 1.81 bits per heavy atom. The Hall–Kier alpha value is -2.11. The van der Waals surface area contributed by atoms with E-state index >= 15 is 0 Å². The number of piperazine rings is 1. The highest BCUT2D eigenvalue weighted by Gasteiger charge is 2.23. The minimum absolute atomic E-state index is 0.0690. The molecule has 5 heteroatoms. The molecule has 1 saturated heterocycles. The summed E-state index contributed by atoms with van der Waals surface area (Å²) in [5, 5.41) is 3.36. The number of hydrogen-bond donors (Lipinski definition) is 1. The van der Waals surface area contributed by atoms with E-state index in [4.69, 9.17) is 9.47 Å². The average Bonchev–Trinajstić information content (AvgIpc) is 2.73. The number of ether oxygens (including phenoxy) is 2. The SMILES string of the molecule is CCOc1cc([C@H](CCF)N2CCNCC2)ccc1OCc1ccccc1. The third-order valence-corrected chi connectivity index (χ3v) is 4.86. The van der Waals surface area contributed by atoms with Gasteiger partial charge in [-0.2, -0.15) is 0 Å². The number of benzene rings is 2. The molecule has 27 heavy (non-hydrogen) atoms. The van der Waals surface area contributed by atoms with Crippen molar-refractivity contribution >= 4 is 0 Å². The van der Waals surface area contributed by atoms with Crippen LogP contribution in [-0.2, 0) is 6.61 Å². The summed E-state index contributed by atoms with van der Waals surface area (Å²) in [4.78, 5) is 2.35. The first kappa shape index (κ1) is 19.6. The smallest absolute Gasteiger partial charge is 0.161 e. The number of hydrogen-bond acceptors (Lipinski definition) is 4. The molecule has 0 aliphatic carbocycles. The van der Waals surface area contributed by atoms with Gasteiger partial charge in [0, 0.05) is 32.2 Å². The van der Waals surface area contributed by atoms with E-state index in [0.29, 0.717) is 19.6 Å². The molecule has 0 bridgehead atoms. The Labute approximate surface area is 161 Å². The molecule has 1 heterocycles. The van der Waals surface area contributed by atoms with Crippen LogP contribution in [0.15, 0.2) is 48.5 Å². The van der Waals surface area contributed by atoms with E-state index in [9.17, 15) is 4.39 Å². The van der Waals surface area contributed by atoms with Crippen LogP contribution in [0.2, 0.25) is 0 Å². The van der Waals surface area contributed by atoms with E-state index in [1.165, 1.54) is 0 Å². The van der Waals surface area contributed by atoms with E-state index in [1.54, 1.807) is 0 Å². The monoisotopic (exact) mass is 372 g/mol. The van der Waals surface area contributed by atoms with Gasteiger partial charge in [0.05, 0.1) is 13.3 Å². The molecule has 1 fully saturated rings. The molecule has 4 nitrogen and oxygen atoms in total. The molecule has 0 amide bonds. The predicted molar refractivity (Wildman–Crippen MR) is 106 cm³/mol. The third kappa shape index (κ3) is 5.44. The Bertz CT molecular complexity index is 690. The minimum atomic E-state index is -0.329. The highest BCUT2D eigenvalue weighted by atomic mass is 19.1. The quantitative estimate of drug-likeness (QED) is 0.722. The molecule has 0 unspecified atom stereocenters. The normalized spacial score (nSPS) is 16.1. The second kappa shape index (κ2) is 10.3. The molecule has 1 atom stereocenters. The molecule has 0 radical (unpaired) electrons. The largest absolute Gasteiger partial charge is 0.490 e. The maximum Gasteiger partial charge on any atom is 0.161 e. The van der Waals surface area contributed by atoms with Crippen molar-refractivity contribution in [1.29, 1.82) is 0 Å². The fourth-order valence-electron chi connectivity index (χ4n) is 3.51. The van der Waals surface area contributed by atoms with Gasteiger partial charge in [0.25, 0.3) is 0 Å². The zero-order valence-electron chi connectivity index (χ0n) is 16.0. The first-order valence-corrected chi connectivity index (χ1v) is 9.76. The summed E-state index contributed by atoms with van der Waals surface area (Å²) in [6.07, 6.45) is 0.496. The lowest BCUT2D eigenvalue weighted by Crippen LogP contribution is -2.45. The minimum Gasteiger partial charge on any atom is -0.490 e. The Morgan fingerprint density at radius 3 is 2.52 bits per heavy atom. The van der Waals surface area contributed by atoms with E-state index in [2.05, 4.69) is 10.2 Å². The molecular formula is C22H29FN2O2. The van der Waals surface area contributed by atoms with Gasteiger partial charge < -0.3 is 14.8 Å². The van der Waals surface area contributed by atoms with Crippen molar-refractivity contribution in [2.75, 3.05) is 39.5 Å². The molecule has 1 N–H and O–H groups in total. The molecular weight excluding hydrogens is 343 g/mol. The molecule has 1 aliphatic heterocycles. The van der Waals surface area contributed by atoms with Crippen LogP contribution in [0.1, 0.15) is 30.5 Å². The summed E-state index contributed by atoms with van der Waals surface area (Å²) >= 11 is 0. The fourth-order valence-corrected chi connectivity index (χ4v) is 3.51. The lowest BCUT2D eigenvalue weighted by Gasteiger charge is -2.35. The van der Waals surface area contributed by atoms with Gasteiger partial charge in [-0.25, -0.2) is 0 Å². The first-order chi connectivity index (χ1) is 13.3. The van der Waals surface area contributed by atoms with Crippen molar-refractivity contribution in [1.82, 2.24) is 10.2 Å². The number of halogens is 1. The van der Waals surface area contributed by atoms with Crippen molar-refractivity contribution in [3.63, 3.8) is 0 Å². The maximum absolute atomic E-state index is 13.2. The number of alkyl halides is 1. The number of nitrogens with one attached hydrogen (secondary N) is 1. The molecule has 3 rings (SSSR count). The zero-order chi connectivity index (χ0) is 18.9. The Morgan fingerprint density at radius 1 is 1.04 bits per heavy atom. The molecule has 1 aliphatic rings. The Balaban J connectivity index is 1.78. The lowest BCUT2D eigenvalue weighted by molar-refractivity contribution is 0.157. The van der Waals surface area contributed by atoms with Crippen molar-refractivity contribution < 1.29 is 13.9 Å². The summed E-state index contributed by atoms with van der Waals surface area (Å²) in [5.41, 5.74) is 2.20. The van der Waals surface area contributed by atoms with Crippen molar-refractivity contribution in [3.8, 4) is 11.5 Å². The third-order valence-electron chi connectivity index (χ3n) is 4.86. The van der Waals surface area contributed by atoms with Crippen molar-refractivity contribution in [2.45, 2.75) is 26.0 Å². The molecule has 2 aromatic carbocycles. The van der Waals surface area contributed by atoms with E-state index in [0.717, 1.165) is 48.8 Å². The second-order valence-electron chi connectivity index (χ2n) is 6.69.